The molecule has 0 radical (unpaired) electrons. The molecule has 0 bridgehead atoms. The molecule has 0 atom stereocenters. The Hall–Kier alpha value is 38.5. The van der Waals surface area contributed by atoms with Crippen molar-refractivity contribution in [1.29, 1.82) is 0 Å². The summed E-state index contributed by atoms with van der Waals surface area (Å²) >= 11 is 0. The van der Waals surface area contributed by atoms with Crippen LogP contribution in [0.3, 0.4) is 0 Å². The van der Waals surface area contributed by atoms with Crippen LogP contribution in [0.4, 0.5) is 0 Å². The van der Waals surface area contributed by atoms with Gasteiger partial charge < -0.3 is 298 Å². The Morgan fingerprint density at radius 3 is 0.0405 bits per heavy atom. The van der Waals surface area contributed by atoms with Crippen LogP contribution >= 0.6 is 323 Å². The summed E-state index contributed by atoms with van der Waals surface area (Å²) in [6, 6.07) is 0. The monoisotopic (exact) mass is 2330 g/mol. The molecule has 0 rings (SSSR count). The molecule has 0 aliphatic carbocycles. The maximum absolute atomic E-state index is 0. The van der Waals surface area contributed by atoms with Gasteiger partial charge in [-0.15, -0.1) is 323 Å². The molecule has 0 amide bonds. The first-order chi connectivity index (χ1) is 0. The molecule has 0 heterocycles. The standard InChI is InChI=1S/50ClH.24Na/h50*1H;;;;;;;;;;;;;;;;;;;;;;;;/q;;;;;;;;;;;;;;;;;;;;;;;;;;;;;;;;;;;;;;;;;;;;;;;;;;24*+1/p-24. The van der Waals surface area contributed by atoms with Crippen LogP contribution in [0.15, 0.2) is 0 Å². The summed E-state index contributed by atoms with van der Waals surface area (Å²) in [4.78, 5) is 0. The summed E-state index contributed by atoms with van der Waals surface area (Å²) in [6.07, 6.45) is 0. The van der Waals surface area contributed by atoms with E-state index in [1.54, 1.807) is 0 Å². The molecular weight excluding hydrogens is 2320 g/mol. The summed E-state index contributed by atoms with van der Waals surface area (Å²) in [6.45, 7) is 0. The number of halogens is 50. The van der Waals surface area contributed by atoms with Gasteiger partial charge in [0.05, 0.1) is 0 Å². The second-order valence-electron chi connectivity index (χ2n) is 0. The Morgan fingerprint density at radius 1 is 0.0405 bits per heavy atom. The minimum Gasteiger partial charge on any atom is -1.00 e. The Labute approximate surface area is 1290 Å². The summed E-state index contributed by atoms with van der Waals surface area (Å²) in [5.74, 6) is 0. The fourth-order valence-electron chi connectivity index (χ4n) is 0. The van der Waals surface area contributed by atoms with Gasteiger partial charge in [0, 0.05) is 0 Å². The average Bonchev–Trinajstić information content (AvgIpc) is 0. The third-order valence-corrected chi connectivity index (χ3v) is 0. The van der Waals surface area contributed by atoms with Crippen LogP contribution in [0, 0.1) is 0 Å². The summed E-state index contributed by atoms with van der Waals surface area (Å²) in [7, 11) is 0. The topological polar surface area (TPSA) is 0 Å². The predicted molar refractivity (Wildman–Crippen MR) is 188 cm³/mol. The van der Waals surface area contributed by atoms with Crippen molar-refractivity contribution in [2.24, 2.45) is 0 Å². The Morgan fingerprint density at radius 2 is 0.0405 bits per heavy atom. The zero-order valence-corrected chi connectivity index (χ0v) is 131. The zero-order valence-electron chi connectivity index (χ0n) is 43.7. The zero-order chi connectivity index (χ0) is 0. The van der Waals surface area contributed by atoms with Gasteiger partial charge in [-0.2, -0.15) is 0 Å². The first kappa shape index (κ1) is 944. The van der Waals surface area contributed by atoms with Crippen molar-refractivity contribution in [3.8, 4) is 0 Å². The Balaban J connectivity index is 0. The van der Waals surface area contributed by atoms with E-state index in [2.05, 4.69) is 0 Å². The first-order valence-corrected chi connectivity index (χ1v) is 0. The van der Waals surface area contributed by atoms with Crippen LogP contribution in [0.1, 0.15) is 0 Å². The van der Waals surface area contributed by atoms with Gasteiger partial charge in [0.1, 0.15) is 0 Å². The van der Waals surface area contributed by atoms with E-state index >= 15 is 0 Å². The second-order valence-corrected chi connectivity index (χ2v) is 0. The average molecular weight is 2350 g/mol. The van der Waals surface area contributed by atoms with E-state index in [-0.39, 0.29) is 1330 Å². The molecule has 74 heavy (non-hydrogen) atoms. The van der Waals surface area contributed by atoms with Crippen LogP contribution in [0.2, 0.25) is 0 Å². The predicted octanol–water partition coefficient (Wildman–Crippen LogP) is -133. The minimum absolute atomic E-state index is 0. The van der Waals surface area contributed by atoms with Crippen LogP contribution in [0.5, 0.6) is 0 Å². The molecule has 0 N–H and O–H groups in total. The fourth-order valence-corrected chi connectivity index (χ4v) is 0. The normalized spacial score (nSPS) is 0. The molecule has 0 aliphatic heterocycles. The SMILES string of the molecule is Cl.Cl.Cl.Cl.Cl.Cl.Cl.Cl.Cl.Cl.Cl.Cl.Cl.Cl.Cl.Cl.Cl.Cl.Cl.Cl.Cl.Cl.Cl.Cl.Cl.Cl.[Cl-].[Cl-].[Cl-].[Cl-].[Cl-].[Cl-].[Cl-].[Cl-].[Cl-].[Cl-].[Cl-].[Cl-].[Cl-].[Cl-].[Cl-].[Cl-].[Cl-].[Cl-].[Cl-].[Cl-].[Cl-].[Cl-].[Cl-].[Cl-].[Na+].[Na+].[Na+].[Na+].[Na+].[Na+].[Na+].[Na+].[Na+].[Na+].[Na+].[Na+].[Na+].[Na+].[Na+].[Na+].[Na+].[Na+].[Na+].[Na+].[Na+].[Na+].[Na+].[Na+]. The van der Waals surface area contributed by atoms with Crippen molar-refractivity contribution in [1.82, 2.24) is 0 Å². The van der Waals surface area contributed by atoms with Crippen molar-refractivity contribution in [2.75, 3.05) is 0 Å². The molecular formula is H26Cl50Na24. The van der Waals surface area contributed by atoms with Gasteiger partial charge in [-0.25, -0.2) is 0 Å². The largest absolute Gasteiger partial charge is 1.00 e. The third kappa shape index (κ3) is 894. The minimum atomic E-state index is 0. The van der Waals surface area contributed by atoms with Crippen molar-refractivity contribution in [2.45, 2.75) is 0 Å². The molecule has 0 saturated carbocycles. The van der Waals surface area contributed by atoms with Gasteiger partial charge in [-0.05, 0) is 0 Å². The van der Waals surface area contributed by atoms with E-state index in [4.69, 9.17) is 0 Å². The van der Waals surface area contributed by atoms with Gasteiger partial charge in [0.2, 0.25) is 0 Å². The molecule has 0 spiro atoms. The van der Waals surface area contributed by atoms with Gasteiger partial charge in [-0.1, -0.05) is 0 Å². The number of hydrogen-bond acceptors (Lipinski definition) is 0. The van der Waals surface area contributed by atoms with Gasteiger partial charge in [0.15, 0.2) is 0 Å². The number of rotatable bonds is 0. The molecule has 0 nitrogen and oxygen atoms in total. The molecule has 0 unspecified atom stereocenters. The Kier molecular flexibility index (Phi) is 11700. The van der Waals surface area contributed by atoms with E-state index in [0.29, 0.717) is 0 Å². The van der Waals surface area contributed by atoms with E-state index in [9.17, 15) is 0 Å². The molecule has 0 fully saturated rings. The number of hydrogen-bond donors (Lipinski definition) is 0. The molecule has 0 aromatic carbocycles. The smallest absolute Gasteiger partial charge is 1.00 e. The molecule has 400 valence electrons. The van der Waals surface area contributed by atoms with Crippen LogP contribution < -0.4 is 1010 Å². The van der Waals surface area contributed by atoms with E-state index < -0.39 is 0 Å². The molecule has 0 saturated heterocycles. The van der Waals surface area contributed by atoms with Crippen molar-refractivity contribution >= 4 is 323 Å². The second kappa shape index (κ2) is 918. The van der Waals surface area contributed by atoms with Gasteiger partial charge in [0.25, 0.3) is 0 Å². The molecule has 0 aliphatic rings. The maximum atomic E-state index is 0. The molecule has 0 aromatic heterocycles. The van der Waals surface area contributed by atoms with Crippen LogP contribution in [-0.4, -0.2) is 0 Å². The molecule has 0 aromatic rings. The van der Waals surface area contributed by atoms with E-state index in [1.807, 2.05) is 0 Å². The van der Waals surface area contributed by atoms with E-state index in [0.717, 1.165) is 0 Å². The summed E-state index contributed by atoms with van der Waals surface area (Å²) < 4.78 is 0. The van der Waals surface area contributed by atoms with Crippen molar-refractivity contribution < 1.29 is 1010 Å². The first-order valence-electron chi connectivity index (χ1n) is 0. The third-order valence-electron chi connectivity index (χ3n) is 0. The van der Waals surface area contributed by atoms with E-state index in [1.165, 1.54) is 0 Å². The van der Waals surface area contributed by atoms with Crippen molar-refractivity contribution in [3.63, 3.8) is 0 Å². The van der Waals surface area contributed by atoms with Crippen molar-refractivity contribution in [3.05, 3.63) is 0 Å². The Bertz CT molecular complexity index is 67.3. The quantitative estimate of drug-likeness (QED) is 0.212. The summed E-state index contributed by atoms with van der Waals surface area (Å²) in [5, 5.41) is 0. The molecule has 74 heteroatoms. The van der Waals surface area contributed by atoms with Gasteiger partial charge >= 0.3 is 709 Å². The van der Waals surface area contributed by atoms with Gasteiger partial charge in [-0.3, -0.25) is 0 Å². The van der Waals surface area contributed by atoms with Crippen LogP contribution in [0.25, 0.3) is 0 Å². The van der Waals surface area contributed by atoms with Crippen LogP contribution in [-0.2, 0) is 0 Å². The summed E-state index contributed by atoms with van der Waals surface area (Å²) in [5.41, 5.74) is 0. The fraction of sp³-hybridized carbons (Fsp3) is 0. The maximum Gasteiger partial charge on any atom is 1.00 e.